The maximum Gasteiger partial charge on any atom is 0.262 e. The van der Waals surface area contributed by atoms with Gasteiger partial charge in [0.15, 0.2) is 5.03 Å². The van der Waals surface area contributed by atoms with Gasteiger partial charge in [-0.05, 0) is 45.6 Å². The van der Waals surface area contributed by atoms with Gasteiger partial charge in [0.2, 0.25) is 0 Å². The summed E-state index contributed by atoms with van der Waals surface area (Å²) in [6.07, 6.45) is 10.5. The van der Waals surface area contributed by atoms with Crippen molar-refractivity contribution in [2.45, 2.75) is 62.7 Å². The minimum absolute atomic E-state index is 0.143. The van der Waals surface area contributed by atoms with Gasteiger partial charge in [-0.3, -0.25) is 0 Å². The first-order valence-corrected chi connectivity index (χ1v) is 11.0. The topological polar surface area (TPSA) is 84.2 Å². The summed E-state index contributed by atoms with van der Waals surface area (Å²) in [6, 6.07) is 2.97. The van der Waals surface area contributed by atoms with E-state index in [-0.39, 0.29) is 11.1 Å². The van der Waals surface area contributed by atoms with E-state index < -0.39 is 10.0 Å². The number of nitrogens with zero attached hydrogens (tertiary/aromatic N) is 6. The fraction of sp³-hybridized carbons (Fsp3) is 0.611. The molecule has 0 atom stereocenters. The fourth-order valence-electron chi connectivity index (χ4n) is 3.69. The minimum Gasteiger partial charge on any atom is -0.350 e. The molecule has 2 aromatic rings. The highest BCUT2D eigenvalue weighted by molar-refractivity contribution is 7.89. The lowest BCUT2D eigenvalue weighted by Gasteiger charge is -2.38. The highest BCUT2D eigenvalue weighted by atomic mass is 32.2. The Balaban J connectivity index is 1.46. The summed E-state index contributed by atoms with van der Waals surface area (Å²) in [5.74, 6) is 0.949. The van der Waals surface area contributed by atoms with Gasteiger partial charge in [-0.25, -0.2) is 23.4 Å². The monoisotopic (exact) mass is 390 g/mol. The Labute approximate surface area is 160 Å². The first kappa shape index (κ1) is 18.4. The van der Waals surface area contributed by atoms with E-state index >= 15 is 0 Å². The maximum absolute atomic E-state index is 12.9. The molecular formula is C18H26N6O2S. The standard InChI is InChI=1S/C18H26N6O2S/c1-14(2)22-11-18(21-13-22)27(25,26)23-9-6-16(7-10-23)24(15-3-4-15)17-5-8-19-12-20-17/h5,8,11-16H,3-4,6-7,9-10H2,1-2H3. The first-order valence-electron chi connectivity index (χ1n) is 9.55. The first-order chi connectivity index (χ1) is 13.0. The van der Waals surface area contributed by atoms with E-state index in [1.165, 1.54) is 12.8 Å². The van der Waals surface area contributed by atoms with E-state index in [1.54, 1.807) is 29.4 Å². The number of sulfonamides is 1. The highest BCUT2D eigenvalue weighted by Crippen LogP contribution is 2.35. The van der Waals surface area contributed by atoms with Crippen molar-refractivity contribution in [2.24, 2.45) is 0 Å². The SMILES string of the molecule is CC(C)n1cnc(S(=O)(=O)N2CCC(N(c3ccncn3)C3CC3)CC2)c1. The summed E-state index contributed by atoms with van der Waals surface area (Å²) in [5.41, 5.74) is 0. The third-order valence-corrected chi connectivity index (χ3v) is 7.15. The molecule has 1 aliphatic heterocycles. The molecule has 0 aromatic carbocycles. The summed E-state index contributed by atoms with van der Waals surface area (Å²) in [5, 5.41) is 0.143. The van der Waals surface area contributed by atoms with Crippen LogP contribution in [-0.2, 0) is 10.0 Å². The van der Waals surface area contributed by atoms with E-state index in [0.717, 1.165) is 18.7 Å². The Kier molecular flexibility index (Phi) is 4.90. The van der Waals surface area contributed by atoms with Crippen LogP contribution in [0.5, 0.6) is 0 Å². The molecule has 0 amide bonds. The molecule has 0 unspecified atom stereocenters. The van der Waals surface area contributed by atoms with Gasteiger partial charge in [0.1, 0.15) is 12.1 Å². The van der Waals surface area contributed by atoms with Crippen molar-refractivity contribution in [1.82, 2.24) is 23.8 Å². The van der Waals surface area contributed by atoms with Gasteiger partial charge in [-0.1, -0.05) is 0 Å². The Hall–Kier alpha value is -2.00. The van der Waals surface area contributed by atoms with Gasteiger partial charge >= 0.3 is 0 Å². The summed E-state index contributed by atoms with van der Waals surface area (Å²) in [4.78, 5) is 14.9. The van der Waals surface area contributed by atoms with Crippen LogP contribution < -0.4 is 4.90 Å². The predicted octanol–water partition coefficient (Wildman–Crippen LogP) is 2.08. The second-order valence-corrected chi connectivity index (χ2v) is 9.48. The lowest BCUT2D eigenvalue weighted by Crippen LogP contribution is -2.48. The smallest absolute Gasteiger partial charge is 0.262 e. The Morgan fingerprint density at radius 1 is 1.11 bits per heavy atom. The van der Waals surface area contributed by atoms with Crippen molar-refractivity contribution in [3.63, 3.8) is 0 Å². The van der Waals surface area contributed by atoms with Gasteiger partial charge in [0, 0.05) is 43.6 Å². The average molecular weight is 391 g/mol. The molecule has 0 spiro atoms. The molecule has 0 radical (unpaired) electrons. The molecular weight excluding hydrogens is 364 g/mol. The summed E-state index contributed by atoms with van der Waals surface area (Å²) < 4.78 is 29.3. The molecule has 1 saturated heterocycles. The molecule has 4 rings (SSSR count). The van der Waals surface area contributed by atoms with Crippen LogP contribution in [0.2, 0.25) is 0 Å². The van der Waals surface area contributed by atoms with Gasteiger partial charge in [-0.15, -0.1) is 0 Å². The average Bonchev–Trinajstić information content (AvgIpc) is 3.36. The number of hydrogen-bond acceptors (Lipinski definition) is 6. The molecule has 8 nitrogen and oxygen atoms in total. The number of imidazole rings is 1. The van der Waals surface area contributed by atoms with Gasteiger partial charge in [0.05, 0.1) is 6.33 Å². The van der Waals surface area contributed by atoms with Crippen LogP contribution in [0, 0.1) is 0 Å². The number of piperidine rings is 1. The maximum atomic E-state index is 12.9. The lowest BCUT2D eigenvalue weighted by atomic mass is 10.0. The number of anilines is 1. The second-order valence-electron chi connectivity index (χ2n) is 7.59. The zero-order chi connectivity index (χ0) is 19.0. The van der Waals surface area contributed by atoms with Crippen LogP contribution in [0.3, 0.4) is 0 Å². The van der Waals surface area contributed by atoms with Crippen LogP contribution in [0.4, 0.5) is 5.82 Å². The van der Waals surface area contributed by atoms with E-state index in [4.69, 9.17) is 0 Å². The highest BCUT2D eigenvalue weighted by Gasteiger charge is 2.38. The Morgan fingerprint density at radius 2 is 1.81 bits per heavy atom. The van der Waals surface area contributed by atoms with Gasteiger partial charge in [0.25, 0.3) is 10.0 Å². The number of hydrogen-bond donors (Lipinski definition) is 0. The third-order valence-electron chi connectivity index (χ3n) is 5.37. The molecule has 2 aromatic heterocycles. The summed E-state index contributed by atoms with van der Waals surface area (Å²) in [7, 11) is -3.54. The molecule has 27 heavy (non-hydrogen) atoms. The van der Waals surface area contributed by atoms with Crippen LogP contribution in [-0.4, -0.2) is 57.4 Å². The normalized spacial score (nSPS) is 19.5. The number of rotatable bonds is 6. The summed E-state index contributed by atoms with van der Waals surface area (Å²) in [6.45, 7) is 5.03. The molecule has 3 heterocycles. The minimum atomic E-state index is -3.54. The molecule has 2 aliphatic rings. The molecule has 1 saturated carbocycles. The van der Waals surface area contributed by atoms with Crippen molar-refractivity contribution in [1.29, 1.82) is 0 Å². The molecule has 0 bridgehead atoms. The van der Waals surface area contributed by atoms with Crippen molar-refractivity contribution in [3.05, 3.63) is 31.1 Å². The third kappa shape index (κ3) is 3.70. The fourth-order valence-corrected chi connectivity index (χ4v) is 5.08. The van der Waals surface area contributed by atoms with Crippen molar-refractivity contribution in [2.75, 3.05) is 18.0 Å². The van der Waals surface area contributed by atoms with Crippen LogP contribution >= 0.6 is 0 Å². The largest absolute Gasteiger partial charge is 0.350 e. The van der Waals surface area contributed by atoms with Crippen molar-refractivity contribution < 1.29 is 8.42 Å². The van der Waals surface area contributed by atoms with E-state index in [1.807, 2.05) is 24.5 Å². The quantitative estimate of drug-likeness (QED) is 0.751. The van der Waals surface area contributed by atoms with E-state index in [9.17, 15) is 8.42 Å². The molecule has 9 heteroatoms. The summed E-state index contributed by atoms with van der Waals surface area (Å²) >= 11 is 0. The molecule has 2 fully saturated rings. The zero-order valence-corrected chi connectivity index (χ0v) is 16.6. The van der Waals surface area contributed by atoms with Crippen molar-refractivity contribution in [3.8, 4) is 0 Å². The predicted molar refractivity (Wildman–Crippen MR) is 102 cm³/mol. The van der Waals surface area contributed by atoms with Crippen LogP contribution in [0.25, 0.3) is 0 Å². The van der Waals surface area contributed by atoms with Crippen molar-refractivity contribution >= 4 is 15.8 Å². The van der Waals surface area contributed by atoms with Gasteiger partial charge < -0.3 is 9.47 Å². The molecule has 1 aliphatic carbocycles. The Morgan fingerprint density at radius 3 is 2.37 bits per heavy atom. The second kappa shape index (κ2) is 7.20. The lowest BCUT2D eigenvalue weighted by molar-refractivity contribution is 0.307. The molecule has 0 N–H and O–H groups in total. The molecule has 146 valence electrons. The Bertz CT molecular complexity index is 870. The zero-order valence-electron chi connectivity index (χ0n) is 15.8. The number of aromatic nitrogens is 4. The van der Waals surface area contributed by atoms with Gasteiger partial charge in [-0.2, -0.15) is 4.31 Å². The van der Waals surface area contributed by atoms with Crippen LogP contribution in [0.15, 0.2) is 36.1 Å². The van der Waals surface area contributed by atoms with E-state index in [2.05, 4.69) is 19.9 Å². The van der Waals surface area contributed by atoms with E-state index in [0.29, 0.717) is 25.2 Å². The van der Waals surface area contributed by atoms with Crippen LogP contribution in [0.1, 0.15) is 45.6 Å².